The van der Waals surface area contributed by atoms with E-state index in [0.29, 0.717) is 13.1 Å². The summed E-state index contributed by atoms with van der Waals surface area (Å²) in [6.45, 7) is 2.68. The van der Waals surface area contributed by atoms with E-state index >= 15 is 0 Å². The highest BCUT2D eigenvalue weighted by Gasteiger charge is 2.32. The summed E-state index contributed by atoms with van der Waals surface area (Å²) in [6.07, 6.45) is 1.20. The van der Waals surface area contributed by atoms with Crippen LogP contribution in [-0.4, -0.2) is 48.1 Å². The minimum absolute atomic E-state index is 0.0205. The van der Waals surface area contributed by atoms with Gasteiger partial charge in [-0.25, -0.2) is 0 Å². The Balaban J connectivity index is 1.75. The van der Waals surface area contributed by atoms with Crippen molar-refractivity contribution < 1.29 is 14.7 Å². The molecule has 2 aliphatic heterocycles. The van der Waals surface area contributed by atoms with Gasteiger partial charge < -0.3 is 14.9 Å². The number of benzene rings is 1. The normalized spacial score (nSPS) is 20.5. The number of carbonyl (C=O) groups is 2. The van der Waals surface area contributed by atoms with E-state index in [9.17, 15) is 9.59 Å². The Hall–Kier alpha value is -2.04. The van der Waals surface area contributed by atoms with Crippen LogP contribution in [-0.2, 0) is 9.59 Å². The van der Waals surface area contributed by atoms with Crippen molar-refractivity contribution in [2.24, 2.45) is 0 Å². The molecule has 5 heteroatoms. The molecule has 1 unspecified atom stereocenters. The van der Waals surface area contributed by atoms with Gasteiger partial charge in [0.2, 0.25) is 5.91 Å². The smallest absolute Gasteiger partial charge is 0.304 e. The van der Waals surface area contributed by atoms with Crippen LogP contribution >= 0.6 is 0 Å². The van der Waals surface area contributed by atoms with Gasteiger partial charge >= 0.3 is 5.97 Å². The van der Waals surface area contributed by atoms with Gasteiger partial charge in [0.05, 0.1) is 13.0 Å². The fraction of sp³-hybridized carbons (Fsp3) is 0.467. The maximum absolute atomic E-state index is 12.1. The molecule has 1 saturated heterocycles. The van der Waals surface area contributed by atoms with E-state index in [1.165, 1.54) is 0 Å². The molecule has 20 heavy (non-hydrogen) atoms. The molecule has 5 nitrogen and oxygen atoms in total. The lowest BCUT2D eigenvalue weighted by Crippen LogP contribution is -2.47. The number of carboxylic acid groups (broad SMARTS) is 1. The fourth-order valence-corrected chi connectivity index (χ4v) is 2.95. The number of para-hydroxylation sites is 1. The van der Waals surface area contributed by atoms with Crippen LogP contribution in [0.5, 0.6) is 0 Å². The maximum Gasteiger partial charge on any atom is 0.304 e. The predicted molar refractivity (Wildman–Crippen MR) is 74.8 cm³/mol. The number of rotatable bonds is 4. The van der Waals surface area contributed by atoms with Gasteiger partial charge in [0.25, 0.3) is 0 Å². The molecule has 1 atom stereocenters. The van der Waals surface area contributed by atoms with Crippen LogP contribution in [0.2, 0.25) is 0 Å². The molecule has 0 bridgehead atoms. The summed E-state index contributed by atoms with van der Waals surface area (Å²) in [7, 11) is 0. The average Bonchev–Trinajstić information content (AvgIpc) is 2.65. The summed E-state index contributed by atoms with van der Waals surface area (Å²) in [6, 6.07) is 7.80. The Bertz CT molecular complexity index is 540. The van der Waals surface area contributed by atoms with Crippen LogP contribution in [0.15, 0.2) is 24.3 Å². The molecule has 1 amide bonds. The first-order valence-electron chi connectivity index (χ1n) is 6.98. The van der Waals surface area contributed by atoms with Gasteiger partial charge in [-0.1, -0.05) is 18.2 Å². The van der Waals surface area contributed by atoms with E-state index in [0.717, 1.165) is 30.8 Å². The molecule has 1 fully saturated rings. The van der Waals surface area contributed by atoms with E-state index in [1.54, 1.807) is 0 Å². The highest BCUT2D eigenvalue weighted by Crippen LogP contribution is 2.37. The Labute approximate surface area is 117 Å². The van der Waals surface area contributed by atoms with Crippen LogP contribution in [0.25, 0.3) is 0 Å². The van der Waals surface area contributed by atoms with E-state index < -0.39 is 5.97 Å². The van der Waals surface area contributed by atoms with Crippen LogP contribution in [0.1, 0.15) is 24.3 Å². The molecule has 1 N–H and O–H groups in total. The van der Waals surface area contributed by atoms with Crippen LogP contribution in [0.4, 0.5) is 5.69 Å². The maximum atomic E-state index is 12.1. The number of hydrogen-bond acceptors (Lipinski definition) is 3. The minimum Gasteiger partial charge on any atom is -0.481 e. The first-order chi connectivity index (χ1) is 9.65. The third kappa shape index (κ3) is 2.35. The number of likely N-dealkylation sites (tertiary alicyclic amines) is 1. The van der Waals surface area contributed by atoms with Crippen molar-refractivity contribution in [3.63, 3.8) is 0 Å². The summed E-state index contributed by atoms with van der Waals surface area (Å²) in [5.74, 6) is -0.671. The highest BCUT2D eigenvalue weighted by atomic mass is 16.4. The van der Waals surface area contributed by atoms with Gasteiger partial charge in [0, 0.05) is 31.2 Å². The van der Waals surface area contributed by atoms with Gasteiger partial charge in [-0.3, -0.25) is 9.59 Å². The zero-order valence-electron chi connectivity index (χ0n) is 11.3. The van der Waals surface area contributed by atoms with Crippen molar-refractivity contribution in [3.05, 3.63) is 29.8 Å². The molecule has 1 aromatic carbocycles. The predicted octanol–water partition coefficient (Wildman–Crippen LogP) is 1.30. The van der Waals surface area contributed by atoms with Crippen molar-refractivity contribution in [3.8, 4) is 0 Å². The van der Waals surface area contributed by atoms with Crippen LogP contribution in [0, 0.1) is 0 Å². The molecule has 1 aromatic rings. The molecule has 0 radical (unpaired) electrons. The third-order valence-electron chi connectivity index (χ3n) is 4.11. The second-order valence-corrected chi connectivity index (χ2v) is 5.47. The topological polar surface area (TPSA) is 60.9 Å². The highest BCUT2D eigenvalue weighted by molar-refractivity contribution is 5.83. The van der Waals surface area contributed by atoms with Crippen LogP contribution in [0.3, 0.4) is 0 Å². The van der Waals surface area contributed by atoms with Gasteiger partial charge in [-0.15, -0.1) is 0 Å². The van der Waals surface area contributed by atoms with Crippen LogP contribution < -0.4 is 4.90 Å². The molecular weight excluding hydrogens is 256 g/mol. The summed E-state index contributed by atoms with van der Waals surface area (Å²) < 4.78 is 0. The van der Waals surface area contributed by atoms with E-state index in [1.807, 2.05) is 34.1 Å². The third-order valence-corrected chi connectivity index (χ3v) is 4.11. The average molecular weight is 274 g/mol. The molecular formula is C15H18N2O3. The molecule has 0 aliphatic carbocycles. The lowest BCUT2D eigenvalue weighted by molar-refractivity contribution is -0.137. The molecule has 0 saturated carbocycles. The molecule has 106 valence electrons. The van der Waals surface area contributed by atoms with Crippen molar-refractivity contribution in [2.75, 3.05) is 31.1 Å². The Kier molecular flexibility index (Phi) is 3.34. The number of anilines is 1. The second-order valence-electron chi connectivity index (χ2n) is 5.47. The molecule has 2 aliphatic rings. The van der Waals surface area contributed by atoms with Gasteiger partial charge in [-0.05, 0) is 18.1 Å². The number of fused-ring (bicyclic) bond motifs is 1. The molecule has 0 aromatic heterocycles. The lowest BCUT2D eigenvalue weighted by atomic mass is 9.98. The number of carboxylic acids is 1. The Morgan fingerprint density at radius 3 is 2.65 bits per heavy atom. The quantitative estimate of drug-likeness (QED) is 0.899. The largest absolute Gasteiger partial charge is 0.481 e. The number of amides is 1. The Morgan fingerprint density at radius 2 is 2.00 bits per heavy atom. The Morgan fingerprint density at radius 1 is 1.25 bits per heavy atom. The van der Waals surface area contributed by atoms with E-state index in [-0.39, 0.29) is 18.2 Å². The number of nitrogens with zero attached hydrogens (tertiary/aromatic N) is 2. The van der Waals surface area contributed by atoms with E-state index in [2.05, 4.69) is 0 Å². The summed E-state index contributed by atoms with van der Waals surface area (Å²) >= 11 is 0. The first-order valence-corrected chi connectivity index (χ1v) is 6.98. The zero-order chi connectivity index (χ0) is 14.1. The van der Waals surface area contributed by atoms with Crippen molar-refractivity contribution in [1.29, 1.82) is 0 Å². The molecule has 2 heterocycles. The van der Waals surface area contributed by atoms with Crippen molar-refractivity contribution >= 4 is 17.6 Å². The zero-order valence-corrected chi connectivity index (χ0v) is 11.3. The van der Waals surface area contributed by atoms with Gasteiger partial charge in [0.15, 0.2) is 0 Å². The monoisotopic (exact) mass is 274 g/mol. The standard InChI is InChI=1S/C15H18N2O3/c18-14(16-6-3-7-16)10-17-9-11(8-15(19)20)12-4-1-2-5-13(12)17/h1-2,4-5,11H,3,6-10H2,(H,19,20). The number of carbonyl (C=O) groups excluding carboxylic acids is 1. The van der Waals surface area contributed by atoms with E-state index in [4.69, 9.17) is 5.11 Å². The first kappa shape index (κ1) is 13.0. The fourth-order valence-electron chi connectivity index (χ4n) is 2.95. The number of aliphatic carboxylic acids is 1. The minimum atomic E-state index is -0.791. The van der Waals surface area contributed by atoms with Gasteiger partial charge in [0.1, 0.15) is 0 Å². The van der Waals surface area contributed by atoms with Crippen molar-refractivity contribution in [1.82, 2.24) is 4.90 Å². The number of hydrogen-bond donors (Lipinski definition) is 1. The summed E-state index contributed by atoms with van der Waals surface area (Å²) in [5, 5.41) is 9.01. The SMILES string of the molecule is O=C(O)CC1CN(CC(=O)N2CCC2)c2ccccc21. The van der Waals surface area contributed by atoms with Gasteiger partial charge in [-0.2, -0.15) is 0 Å². The molecule has 0 spiro atoms. The summed E-state index contributed by atoms with van der Waals surface area (Å²) in [5.41, 5.74) is 2.05. The summed E-state index contributed by atoms with van der Waals surface area (Å²) in [4.78, 5) is 26.9. The van der Waals surface area contributed by atoms with Crippen molar-refractivity contribution in [2.45, 2.75) is 18.8 Å². The molecule has 3 rings (SSSR count). The second kappa shape index (κ2) is 5.15. The lowest BCUT2D eigenvalue weighted by Gasteiger charge is -2.33.